The van der Waals surface area contributed by atoms with E-state index in [1.54, 1.807) is 4.90 Å². The first-order chi connectivity index (χ1) is 13.8. The maximum atomic E-state index is 13.1. The lowest BCUT2D eigenvalue weighted by molar-refractivity contribution is -0.136. The highest BCUT2D eigenvalue weighted by atomic mass is 16.2. The number of carbonyl (C=O) groups is 3. The topological polar surface area (TPSA) is 90.5 Å². The minimum Gasteiger partial charge on any atom is -0.322 e. The zero-order valence-electron chi connectivity index (χ0n) is 17.2. The van der Waals surface area contributed by atoms with Crippen LogP contribution in [0.2, 0.25) is 0 Å². The zero-order chi connectivity index (χ0) is 20.6. The van der Waals surface area contributed by atoms with Gasteiger partial charge in [-0.05, 0) is 48.4 Å². The van der Waals surface area contributed by atoms with Crippen LogP contribution >= 0.6 is 0 Å². The molecule has 0 aromatic heterocycles. The maximum Gasteiger partial charge on any atom is 0.255 e. The van der Waals surface area contributed by atoms with Gasteiger partial charge in [-0.1, -0.05) is 32.0 Å². The molecular weight excluding hydrogens is 368 g/mol. The number of amides is 3. The van der Waals surface area contributed by atoms with E-state index >= 15 is 0 Å². The average molecular weight is 399 g/mol. The number of rotatable bonds is 5. The number of fused-ring (bicyclic) bond motifs is 1. The monoisotopic (exact) mass is 398 g/mol. The van der Waals surface area contributed by atoms with Gasteiger partial charge in [0.1, 0.15) is 6.04 Å². The Morgan fingerprint density at radius 3 is 2.83 bits per heavy atom. The average Bonchev–Trinajstić information content (AvgIpc) is 2.98. The van der Waals surface area contributed by atoms with Gasteiger partial charge in [0.05, 0.1) is 0 Å². The Balaban J connectivity index is 1.41. The maximum absolute atomic E-state index is 13.1. The molecule has 0 saturated carbocycles. The number of nitrogens with one attached hydrogen (secondary N) is 3. The van der Waals surface area contributed by atoms with Crippen molar-refractivity contribution in [3.63, 3.8) is 0 Å². The van der Waals surface area contributed by atoms with E-state index in [0.29, 0.717) is 36.4 Å². The third-order valence-corrected chi connectivity index (χ3v) is 6.27. The molecule has 2 unspecified atom stereocenters. The van der Waals surface area contributed by atoms with E-state index in [4.69, 9.17) is 0 Å². The van der Waals surface area contributed by atoms with Crippen molar-refractivity contribution >= 4 is 17.7 Å². The predicted octanol–water partition coefficient (Wildman–Crippen LogP) is 1.17. The molecule has 2 atom stereocenters. The SMILES string of the molecule is CC1(C)CNCC(CNCc2cccc3c2C(=O)N(C2CCC(=O)NC2=O)C3)C1. The van der Waals surface area contributed by atoms with Gasteiger partial charge in [-0.15, -0.1) is 0 Å². The fraction of sp³-hybridized carbons (Fsp3) is 0.591. The first-order valence-corrected chi connectivity index (χ1v) is 10.5. The van der Waals surface area contributed by atoms with Gasteiger partial charge in [-0.2, -0.15) is 0 Å². The number of carbonyl (C=O) groups excluding carboxylic acids is 3. The lowest BCUT2D eigenvalue weighted by Gasteiger charge is -2.36. The van der Waals surface area contributed by atoms with Crippen LogP contribution in [-0.4, -0.2) is 48.3 Å². The molecule has 1 aromatic rings. The lowest BCUT2D eigenvalue weighted by atomic mass is 9.79. The smallest absolute Gasteiger partial charge is 0.255 e. The van der Waals surface area contributed by atoms with Gasteiger partial charge < -0.3 is 15.5 Å². The van der Waals surface area contributed by atoms with Crippen LogP contribution in [0.4, 0.5) is 0 Å². The number of hydrogen-bond acceptors (Lipinski definition) is 5. The highest BCUT2D eigenvalue weighted by molar-refractivity contribution is 6.05. The first-order valence-electron chi connectivity index (χ1n) is 10.5. The summed E-state index contributed by atoms with van der Waals surface area (Å²) in [6.45, 7) is 8.62. The summed E-state index contributed by atoms with van der Waals surface area (Å²) < 4.78 is 0. The van der Waals surface area contributed by atoms with E-state index < -0.39 is 6.04 Å². The molecule has 3 N–H and O–H groups in total. The van der Waals surface area contributed by atoms with Gasteiger partial charge in [-0.25, -0.2) is 0 Å². The molecule has 0 bridgehead atoms. The summed E-state index contributed by atoms with van der Waals surface area (Å²) in [4.78, 5) is 38.4. The van der Waals surface area contributed by atoms with Crippen LogP contribution in [0.5, 0.6) is 0 Å². The van der Waals surface area contributed by atoms with Gasteiger partial charge in [-0.3, -0.25) is 19.7 Å². The third kappa shape index (κ3) is 4.21. The van der Waals surface area contributed by atoms with E-state index in [9.17, 15) is 14.4 Å². The van der Waals surface area contributed by atoms with Crippen molar-refractivity contribution in [1.29, 1.82) is 0 Å². The molecule has 3 heterocycles. The van der Waals surface area contributed by atoms with Crippen LogP contribution in [0, 0.1) is 11.3 Å². The summed E-state index contributed by atoms with van der Waals surface area (Å²) in [6, 6.07) is 5.35. The standard InChI is InChI=1S/C22H30N4O3/c1-22(2)8-14(10-24-13-22)9-23-11-15-4-3-5-16-12-26(21(29)19(15)16)17-6-7-18(27)25-20(17)28/h3-5,14,17,23-24H,6-13H2,1-2H3,(H,25,27,28). The van der Waals surface area contributed by atoms with Crippen LogP contribution in [0.15, 0.2) is 18.2 Å². The molecule has 2 saturated heterocycles. The van der Waals surface area contributed by atoms with Crippen molar-refractivity contribution in [2.75, 3.05) is 19.6 Å². The van der Waals surface area contributed by atoms with E-state index in [-0.39, 0.29) is 24.1 Å². The van der Waals surface area contributed by atoms with E-state index in [1.165, 1.54) is 6.42 Å². The fourth-order valence-corrected chi connectivity index (χ4v) is 4.93. The highest BCUT2D eigenvalue weighted by Gasteiger charge is 2.39. The Morgan fingerprint density at radius 2 is 2.07 bits per heavy atom. The van der Waals surface area contributed by atoms with Crippen molar-refractivity contribution in [2.45, 2.75) is 52.2 Å². The Bertz CT molecular complexity index is 835. The second-order valence-electron chi connectivity index (χ2n) is 9.35. The summed E-state index contributed by atoms with van der Waals surface area (Å²) in [5.41, 5.74) is 2.97. The van der Waals surface area contributed by atoms with Gasteiger partial charge in [0, 0.05) is 31.6 Å². The van der Waals surface area contributed by atoms with Crippen LogP contribution in [0.3, 0.4) is 0 Å². The van der Waals surface area contributed by atoms with Gasteiger partial charge in [0.25, 0.3) is 5.91 Å². The summed E-state index contributed by atoms with van der Waals surface area (Å²) >= 11 is 0. The lowest BCUT2D eigenvalue weighted by Crippen LogP contribution is -2.52. The Labute approximate surface area is 171 Å². The second kappa shape index (κ2) is 7.88. The number of hydrogen-bond donors (Lipinski definition) is 3. The van der Waals surface area contributed by atoms with Crippen molar-refractivity contribution < 1.29 is 14.4 Å². The van der Waals surface area contributed by atoms with Gasteiger partial charge in [0.15, 0.2) is 0 Å². The summed E-state index contributed by atoms with van der Waals surface area (Å²) in [5, 5.41) is 9.40. The zero-order valence-corrected chi connectivity index (χ0v) is 17.2. The van der Waals surface area contributed by atoms with Crippen LogP contribution in [-0.2, 0) is 22.7 Å². The van der Waals surface area contributed by atoms with Crippen LogP contribution in [0.25, 0.3) is 0 Å². The Kier molecular flexibility index (Phi) is 5.44. The molecule has 156 valence electrons. The Morgan fingerprint density at radius 1 is 1.24 bits per heavy atom. The molecular formula is C22H30N4O3. The molecule has 0 aliphatic carbocycles. The molecule has 3 amide bonds. The second-order valence-corrected chi connectivity index (χ2v) is 9.35. The first kappa shape index (κ1) is 20.0. The van der Waals surface area contributed by atoms with Crippen molar-refractivity contribution in [2.24, 2.45) is 11.3 Å². The number of imide groups is 1. The summed E-state index contributed by atoms with van der Waals surface area (Å²) in [7, 11) is 0. The molecule has 0 radical (unpaired) electrons. The molecule has 7 heteroatoms. The van der Waals surface area contributed by atoms with Gasteiger partial charge in [0.2, 0.25) is 11.8 Å². The molecule has 2 fully saturated rings. The normalized spacial score (nSPS) is 26.4. The van der Waals surface area contributed by atoms with E-state index in [1.807, 2.05) is 18.2 Å². The van der Waals surface area contributed by atoms with Crippen LogP contribution in [0.1, 0.15) is 54.6 Å². The van der Waals surface area contributed by atoms with Crippen LogP contribution < -0.4 is 16.0 Å². The highest BCUT2D eigenvalue weighted by Crippen LogP contribution is 2.30. The molecule has 3 aliphatic heterocycles. The number of nitrogens with zero attached hydrogens (tertiary/aromatic N) is 1. The largest absolute Gasteiger partial charge is 0.322 e. The van der Waals surface area contributed by atoms with E-state index in [0.717, 1.165) is 30.8 Å². The van der Waals surface area contributed by atoms with Crippen molar-refractivity contribution in [3.05, 3.63) is 34.9 Å². The number of benzene rings is 1. The predicted molar refractivity (Wildman–Crippen MR) is 109 cm³/mol. The summed E-state index contributed by atoms with van der Waals surface area (Å²) in [6.07, 6.45) is 1.85. The van der Waals surface area contributed by atoms with Crippen molar-refractivity contribution in [1.82, 2.24) is 20.9 Å². The van der Waals surface area contributed by atoms with Gasteiger partial charge >= 0.3 is 0 Å². The Hall–Kier alpha value is -2.25. The molecule has 0 spiro atoms. The molecule has 4 rings (SSSR count). The molecule has 29 heavy (non-hydrogen) atoms. The summed E-state index contributed by atoms with van der Waals surface area (Å²) in [5.74, 6) is -0.159. The van der Waals surface area contributed by atoms with Crippen molar-refractivity contribution in [3.8, 4) is 0 Å². The fourth-order valence-electron chi connectivity index (χ4n) is 4.93. The molecule has 7 nitrogen and oxygen atoms in total. The third-order valence-electron chi connectivity index (χ3n) is 6.27. The molecule has 1 aromatic carbocycles. The quantitative estimate of drug-likeness (QED) is 0.648. The number of piperidine rings is 2. The minimum atomic E-state index is -0.566. The van der Waals surface area contributed by atoms with E-state index in [2.05, 4.69) is 29.8 Å². The molecule has 3 aliphatic rings. The minimum absolute atomic E-state index is 0.104.